The largest absolute Gasteiger partial charge is 0.456 e. The number of hydrogen-bond acceptors (Lipinski definition) is 8. The van der Waals surface area contributed by atoms with Crippen molar-refractivity contribution >= 4 is 165 Å². The lowest BCUT2D eigenvalue weighted by Gasteiger charge is -2.26. The van der Waals surface area contributed by atoms with Crippen LogP contribution in [-0.2, 0) is 5.41 Å². The first kappa shape index (κ1) is 52.1. The van der Waals surface area contributed by atoms with Crippen LogP contribution in [0.1, 0.15) is 25.0 Å². The molecule has 0 radical (unpaired) electrons. The van der Waals surface area contributed by atoms with Crippen molar-refractivity contribution in [3.05, 3.63) is 290 Å². The second kappa shape index (κ2) is 19.3. The zero-order chi connectivity index (χ0) is 62.4. The van der Waals surface area contributed by atoms with Gasteiger partial charge in [-0.25, -0.2) is 0 Å². The zero-order valence-electron chi connectivity index (χ0n) is 51.4. The fourth-order valence-corrected chi connectivity index (χ4v) is 15.4. The van der Waals surface area contributed by atoms with E-state index in [0.717, 1.165) is 199 Å². The van der Waals surface area contributed by atoms with Gasteiger partial charge in [-0.3, -0.25) is 0 Å². The Labute approximate surface area is 541 Å². The van der Waals surface area contributed by atoms with Crippen molar-refractivity contribution in [3.63, 3.8) is 0 Å². The number of anilines is 6. The predicted molar refractivity (Wildman–Crippen MR) is 388 cm³/mol. The quantitative estimate of drug-likeness (QED) is 0.149. The van der Waals surface area contributed by atoms with Crippen LogP contribution in [0, 0.1) is 0 Å². The maximum atomic E-state index is 7.04. The first-order valence-corrected chi connectivity index (χ1v) is 32.2. The molecule has 0 aliphatic heterocycles. The molecule has 8 nitrogen and oxygen atoms in total. The number of furan rings is 6. The Bertz CT molecular complexity index is 6210. The number of fused-ring (bicyclic) bond motifs is 19. The molecule has 0 fully saturated rings. The Balaban J connectivity index is 0.659. The first-order valence-electron chi connectivity index (χ1n) is 32.2. The fraction of sp³-hybridized carbons (Fsp3) is 0.0345. The van der Waals surface area contributed by atoms with Gasteiger partial charge in [-0.2, -0.15) is 0 Å². The Morgan fingerprint density at radius 3 is 1.03 bits per heavy atom. The fourth-order valence-electron chi connectivity index (χ4n) is 15.4. The lowest BCUT2D eigenvalue weighted by molar-refractivity contribution is 0.631. The van der Waals surface area contributed by atoms with Crippen LogP contribution in [-0.4, -0.2) is 0 Å². The molecule has 0 N–H and O–H groups in total. The Morgan fingerprint density at radius 2 is 0.558 bits per heavy atom. The molecular weight excluding hydrogens is 1170 g/mol. The second-order valence-corrected chi connectivity index (χ2v) is 26.0. The van der Waals surface area contributed by atoms with Gasteiger partial charge in [0.15, 0.2) is 0 Å². The van der Waals surface area contributed by atoms with Crippen LogP contribution < -0.4 is 9.80 Å². The summed E-state index contributed by atoms with van der Waals surface area (Å²) in [4.78, 5) is 4.65. The summed E-state index contributed by atoms with van der Waals surface area (Å²) in [5.74, 6) is 1.70. The number of rotatable bonds is 8. The molecule has 6 heterocycles. The summed E-state index contributed by atoms with van der Waals surface area (Å²) in [6.07, 6.45) is 0. The molecule has 0 bridgehead atoms. The monoisotopic (exact) mass is 1220 g/mol. The van der Waals surface area contributed by atoms with Crippen molar-refractivity contribution in [2.45, 2.75) is 19.3 Å². The summed E-state index contributed by atoms with van der Waals surface area (Å²) in [5, 5.41) is 15.2. The van der Waals surface area contributed by atoms with E-state index in [2.05, 4.69) is 242 Å². The van der Waals surface area contributed by atoms with Crippen LogP contribution >= 0.6 is 0 Å². The highest BCUT2D eigenvalue weighted by molar-refractivity contribution is 6.13. The van der Waals surface area contributed by atoms with Gasteiger partial charge in [0.1, 0.15) is 67.4 Å². The van der Waals surface area contributed by atoms with E-state index in [1.807, 2.05) is 60.7 Å². The van der Waals surface area contributed by atoms with Gasteiger partial charge in [-0.15, -0.1) is 0 Å². The summed E-state index contributed by atoms with van der Waals surface area (Å²) >= 11 is 0. The molecule has 446 valence electrons. The first-order chi connectivity index (χ1) is 46.7. The lowest BCUT2D eigenvalue weighted by Crippen LogP contribution is -2.14. The second-order valence-electron chi connectivity index (χ2n) is 26.0. The molecule has 0 saturated heterocycles. The normalized spacial score (nSPS) is 13.0. The molecule has 0 unspecified atom stereocenters. The van der Waals surface area contributed by atoms with Crippen molar-refractivity contribution in [1.29, 1.82) is 0 Å². The van der Waals surface area contributed by atoms with Gasteiger partial charge in [0.05, 0.1) is 0 Å². The van der Waals surface area contributed by atoms with Crippen LogP contribution in [0.3, 0.4) is 0 Å². The van der Waals surface area contributed by atoms with Crippen LogP contribution in [0.4, 0.5) is 34.1 Å². The molecule has 0 spiro atoms. The van der Waals surface area contributed by atoms with Gasteiger partial charge in [0.25, 0.3) is 0 Å². The molecule has 1 aliphatic carbocycles. The number of benzene rings is 14. The van der Waals surface area contributed by atoms with Gasteiger partial charge < -0.3 is 36.3 Å². The average Bonchev–Trinajstić information content (AvgIpc) is 1.59. The van der Waals surface area contributed by atoms with Gasteiger partial charge in [0.2, 0.25) is 0 Å². The molecule has 8 heteroatoms. The van der Waals surface area contributed by atoms with Crippen molar-refractivity contribution in [2.24, 2.45) is 0 Å². The molecule has 95 heavy (non-hydrogen) atoms. The Morgan fingerprint density at radius 1 is 0.221 bits per heavy atom. The third-order valence-electron chi connectivity index (χ3n) is 20.2. The van der Waals surface area contributed by atoms with E-state index < -0.39 is 0 Å². The molecular formula is C87H52N2O6. The zero-order valence-corrected chi connectivity index (χ0v) is 51.4. The van der Waals surface area contributed by atoms with E-state index >= 15 is 0 Å². The van der Waals surface area contributed by atoms with E-state index in [1.54, 1.807) is 0 Å². The van der Waals surface area contributed by atoms with Crippen LogP contribution in [0.2, 0.25) is 0 Å². The third kappa shape index (κ3) is 7.89. The highest BCUT2D eigenvalue weighted by Gasteiger charge is 2.38. The van der Waals surface area contributed by atoms with Crippen molar-refractivity contribution in [2.75, 3.05) is 9.80 Å². The Hall–Kier alpha value is -12.5. The molecule has 14 aromatic carbocycles. The molecule has 21 rings (SSSR count). The maximum absolute atomic E-state index is 7.04. The third-order valence-corrected chi connectivity index (χ3v) is 20.2. The molecule has 20 aromatic rings. The van der Waals surface area contributed by atoms with Gasteiger partial charge >= 0.3 is 0 Å². The summed E-state index contributed by atoms with van der Waals surface area (Å²) < 4.78 is 39.4. The van der Waals surface area contributed by atoms with Crippen LogP contribution in [0.25, 0.3) is 165 Å². The van der Waals surface area contributed by atoms with Gasteiger partial charge in [-0.1, -0.05) is 123 Å². The number of para-hydroxylation sites is 4. The topological polar surface area (TPSA) is 85.3 Å². The minimum Gasteiger partial charge on any atom is -0.456 e. The number of nitrogens with zero attached hydrogens (tertiary/aromatic N) is 2. The van der Waals surface area contributed by atoms with E-state index in [0.29, 0.717) is 0 Å². The van der Waals surface area contributed by atoms with Crippen molar-refractivity contribution in [3.8, 4) is 33.8 Å². The smallest absolute Gasteiger partial charge is 0.137 e. The summed E-state index contributed by atoms with van der Waals surface area (Å²) in [6.45, 7) is 4.69. The van der Waals surface area contributed by atoms with Crippen LogP contribution in [0.5, 0.6) is 0 Å². The van der Waals surface area contributed by atoms with E-state index in [1.165, 1.54) is 11.1 Å². The molecule has 0 atom stereocenters. The minimum absolute atomic E-state index is 0.328. The maximum Gasteiger partial charge on any atom is 0.137 e. The van der Waals surface area contributed by atoms with Crippen LogP contribution in [0.15, 0.2) is 306 Å². The highest BCUT2D eigenvalue weighted by Crippen LogP contribution is 2.54. The summed E-state index contributed by atoms with van der Waals surface area (Å²) in [6, 6.07) is 99.0. The molecule has 0 saturated carbocycles. The van der Waals surface area contributed by atoms with Crippen molar-refractivity contribution in [1.82, 2.24) is 0 Å². The SMILES string of the molecule is CC1(C)c2cc3c(cc2-c2cc4oc5cc(N(c6ccc7cc(-c8cc9ccccc9o8)ccc7c6)c6ccc7oc8ccccc8c7c6)ccc5c4cc21)oc1cc(N(c2ccc4cc(-c5cc6ccccc6o5)ccc4c2)c2ccc4oc5ccccc5c4c2)ccc13. The average molecular weight is 1220 g/mol. The molecule has 6 aromatic heterocycles. The van der Waals surface area contributed by atoms with E-state index in [4.69, 9.17) is 26.5 Å². The predicted octanol–water partition coefficient (Wildman–Crippen LogP) is 25.7. The standard InChI is InChI=1S/C87H52N2O6/c1-87(2)73-45-71-65-31-27-61(88(59-29-33-79-69(41-59)63-13-5-9-17-77(63)92-79)57-25-23-49-35-55(21-19-51(49)37-57)81-39-53-11-3-7-15-75(53)90-81)43-83(65)94-85(71)47-67(73)68-48-86-72(46-74(68)87)66-32-28-62(44-84(66)95-86)89(60-30-34-80-70(42-60)64-14-6-10-18-78(64)93-80)58-26-24-50-36-56(22-20-52(50)38-58)82-40-54-12-4-8-16-76(54)91-82/h3-48H,1-2H3. The summed E-state index contributed by atoms with van der Waals surface area (Å²) in [5.41, 5.74) is 21.0. The Kier molecular flexibility index (Phi) is 10.6. The minimum atomic E-state index is -0.328. The van der Waals surface area contributed by atoms with Crippen molar-refractivity contribution < 1.29 is 26.5 Å². The lowest BCUT2D eigenvalue weighted by atomic mass is 9.81. The molecule has 1 aliphatic rings. The molecule has 0 amide bonds. The van der Waals surface area contributed by atoms with Gasteiger partial charge in [-0.05, 0) is 202 Å². The summed E-state index contributed by atoms with van der Waals surface area (Å²) in [7, 11) is 0. The van der Waals surface area contributed by atoms with E-state index in [9.17, 15) is 0 Å². The number of hydrogen-bond donors (Lipinski definition) is 0. The van der Waals surface area contributed by atoms with E-state index in [-0.39, 0.29) is 5.41 Å². The van der Waals surface area contributed by atoms with Gasteiger partial charge in [0, 0.05) is 117 Å². The highest BCUT2D eigenvalue weighted by atomic mass is 16.4.